The van der Waals surface area contributed by atoms with Gasteiger partial charge in [-0.1, -0.05) is 0 Å². The molecule has 68 valence electrons. The first kappa shape index (κ1) is 8.79. The first-order chi connectivity index (χ1) is 5.61. The summed E-state index contributed by atoms with van der Waals surface area (Å²) in [5.41, 5.74) is 5.36. The fourth-order valence-corrected chi connectivity index (χ4v) is 0.677. The molecule has 0 aliphatic heterocycles. The van der Waals surface area contributed by atoms with Crippen molar-refractivity contribution in [2.75, 3.05) is 11.6 Å². The molecule has 0 saturated heterocycles. The molecular weight excluding hydrogens is 158 g/mol. The minimum Gasteiger partial charge on any atom is -0.371 e. The SMILES string of the molecule is CC(C)OCc1nnc(N)n1N. The topological polar surface area (TPSA) is 92.0 Å². The lowest BCUT2D eigenvalue weighted by molar-refractivity contribution is 0.0601. The normalized spacial score (nSPS) is 10.9. The third kappa shape index (κ3) is 1.85. The van der Waals surface area contributed by atoms with Gasteiger partial charge in [0.1, 0.15) is 6.61 Å². The van der Waals surface area contributed by atoms with Gasteiger partial charge in [0.2, 0.25) is 5.95 Å². The minimum atomic E-state index is 0.142. The monoisotopic (exact) mass is 171 g/mol. The molecule has 0 aliphatic carbocycles. The molecule has 0 aromatic carbocycles. The van der Waals surface area contributed by atoms with Gasteiger partial charge in [-0.25, -0.2) is 4.68 Å². The number of nitrogen functional groups attached to an aromatic ring is 2. The van der Waals surface area contributed by atoms with Gasteiger partial charge in [-0.3, -0.25) is 0 Å². The molecule has 0 bridgehead atoms. The van der Waals surface area contributed by atoms with Crippen LogP contribution < -0.4 is 11.6 Å². The molecule has 1 heterocycles. The van der Waals surface area contributed by atoms with Crippen LogP contribution in [0.4, 0.5) is 5.95 Å². The van der Waals surface area contributed by atoms with Gasteiger partial charge in [0.05, 0.1) is 6.10 Å². The number of nitrogens with two attached hydrogens (primary N) is 2. The summed E-state index contributed by atoms with van der Waals surface area (Å²) in [6.07, 6.45) is 0.142. The molecule has 0 radical (unpaired) electrons. The molecule has 0 atom stereocenters. The van der Waals surface area contributed by atoms with E-state index in [0.717, 1.165) is 0 Å². The Hall–Kier alpha value is -1.30. The summed E-state index contributed by atoms with van der Waals surface area (Å²) < 4.78 is 6.47. The molecule has 1 rings (SSSR count). The van der Waals surface area contributed by atoms with Crippen molar-refractivity contribution in [3.63, 3.8) is 0 Å². The molecule has 6 heteroatoms. The van der Waals surface area contributed by atoms with E-state index in [4.69, 9.17) is 16.3 Å². The average molecular weight is 171 g/mol. The lowest BCUT2D eigenvalue weighted by Crippen LogP contribution is -2.17. The van der Waals surface area contributed by atoms with Gasteiger partial charge in [-0.15, -0.1) is 10.2 Å². The highest BCUT2D eigenvalue weighted by Crippen LogP contribution is 2.01. The van der Waals surface area contributed by atoms with Crippen LogP contribution in [-0.4, -0.2) is 21.0 Å². The first-order valence-electron chi connectivity index (χ1n) is 3.67. The largest absolute Gasteiger partial charge is 0.371 e. The Labute approximate surface area is 70.5 Å². The van der Waals surface area contributed by atoms with Crippen molar-refractivity contribution in [1.29, 1.82) is 0 Å². The number of aromatic nitrogens is 3. The van der Waals surface area contributed by atoms with Crippen LogP contribution in [0.2, 0.25) is 0 Å². The van der Waals surface area contributed by atoms with Crippen molar-refractivity contribution in [2.45, 2.75) is 26.6 Å². The van der Waals surface area contributed by atoms with Gasteiger partial charge in [0.15, 0.2) is 5.82 Å². The van der Waals surface area contributed by atoms with E-state index in [9.17, 15) is 0 Å². The molecule has 0 unspecified atom stereocenters. The molecule has 1 aromatic heterocycles. The van der Waals surface area contributed by atoms with E-state index in [1.165, 1.54) is 4.68 Å². The summed E-state index contributed by atoms with van der Waals surface area (Å²) in [6, 6.07) is 0. The zero-order valence-corrected chi connectivity index (χ0v) is 7.19. The summed E-state index contributed by atoms with van der Waals surface area (Å²) in [5, 5.41) is 7.31. The Balaban J connectivity index is 2.58. The molecule has 0 fully saturated rings. The maximum Gasteiger partial charge on any atom is 0.240 e. The molecule has 0 spiro atoms. The molecule has 12 heavy (non-hydrogen) atoms. The standard InChI is InChI=1S/C6H13N5O/c1-4(2)12-3-5-9-10-6(7)11(5)8/h4H,3,8H2,1-2H3,(H2,7,10). The fourth-order valence-electron chi connectivity index (χ4n) is 0.677. The van der Waals surface area contributed by atoms with Crippen LogP contribution in [0, 0.1) is 0 Å². The maximum atomic E-state index is 5.48. The van der Waals surface area contributed by atoms with Crippen LogP contribution in [0.25, 0.3) is 0 Å². The Morgan fingerprint density at radius 2 is 2.17 bits per heavy atom. The lowest BCUT2D eigenvalue weighted by Gasteiger charge is -2.05. The van der Waals surface area contributed by atoms with Gasteiger partial charge in [0.25, 0.3) is 0 Å². The summed E-state index contributed by atoms with van der Waals surface area (Å²) in [5.74, 6) is 6.20. The Morgan fingerprint density at radius 1 is 1.50 bits per heavy atom. The van der Waals surface area contributed by atoms with Crippen LogP contribution in [0.15, 0.2) is 0 Å². The summed E-state index contributed by atoms with van der Waals surface area (Å²) in [7, 11) is 0. The zero-order valence-electron chi connectivity index (χ0n) is 7.19. The van der Waals surface area contributed by atoms with E-state index in [0.29, 0.717) is 12.4 Å². The number of anilines is 1. The zero-order chi connectivity index (χ0) is 9.14. The van der Waals surface area contributed by atoms with Gasteiger partial charge in [0, 0.05) is 0 Å². The van der Waals surface area contributed by atoms with Gasteiger partial charge < -0.3 is 16.3 Å². The second-order valence-electron chi connectivity index (χ2n) is 2.70. The van der Waals surface area contributed by atoms with Gasteiger partial charge in [-0.05, 0) is 13.8 Å². The van der Waals surface area contributed by atoms with Gasteiger partial charge >= 0.3 is 0 Å². The quantitative estimate of drug-likeness (QED) is 0.598. The minimum absolute atomic E-state index is 0.142. The third-order valence-electron chi connectivity index (χ3n) is 1.34. The second-order valence-corrected chi connectivity index (χ2v) is 2.70. The van der Waals surface area contributed by atoms with Crippen LogP contribution in [0.3, 0.4) is 0 Å². The van der Waals surface area contributed by atoms with Crippen LogP contribution in [0.5, 0.6) is 0 Å². The second kappa shape index (κ2) is 3.40. The van der Waals surface area contributed by atoms with E-state index in [1.54, 1.807) is 0 Å². The number of hydrogen-bond donors (Lipinski definition) is 2. The smallest absolute Gasteiger partial charge is 0.240 e. The van der Waals surface area contributed by atoms with E-state index < -0.39 is 0 Å². The molecular formula is C6H13N5O. The fraction of sp³-hybridized carbons (Fsp3) is 0.667. The molecule has 0 saturated carbocycles. The van der Waals surface area contributed by atoms with Crippen molar-refractivity contribution >= 4 is 5.95 Å². The Morgan fingerprint density at radius 3 is 2.58 bits per heavy atom. The summed E-state index contributed by atoms with van der Waals surface area (Å²) >= 11 is 0. The van der Waals surface area contributed by atoms with Crippen LogP contribution in [-0.2, 0) is 11.3 Å². The Bertz CT molecular complexity index is 256. The maximum absolute atomic E-state index is 5.48. The van der Waals surface area contributed by atoms with Crippen molar-refractivity contribution in [1.82, 2.24) is 14.9 Å². The van der Waals surface area contributed by atoms with Crippen molar-refractivity contribution in [3.8, 4) is 0 Å². The van der Waals surface area contributed by atoms with Gasteiger partial charge in [-0.2, -0.15) is 0 Å². The number of rotatable bonds is 3. The highest BCUT2D eigenvalue weighted by atomic mass is 16.5. The third-order valence-corrected chi connectivity index (χ3v) is 1.34. The number of ether oxygens (including phenoxy) is 1. The molecule has 1 aromatic rings. The van der Waals surface area contributed by atoms with E-state index >= 15 is 0 Å². The molecule has 6 nitrogen and oxygen atoms in total. The molecule has 4 N–H and O–H groups in total. The number of nitrogens with zero attached hydrogens (tertiary/aromatic N) is 3. The Kier molecular flexibility index (Phi) is 2.49. The van der Waals surface area contributed by atoms with E-state index in [1.807, 2.05) is 13.8 Å². The van der Waals surface area contributed by atoms with E-state index in [2.05, 4.69) is 10.2 Å². The van der Waals surface area contributed by atoms with Crippen LogP contribution >= 0.6 is 0 Å². The predicted molar refractivity (Wildman–Crippen MR) is 44.5 cm³/mol. The van der Waals surface area contributed by atoms with Crippen molar-refractivity contribution in [3.05, 3.63) is 5.82 Å². The van der Waals surface area contributed by atoms with Crippen molar-refractivity contribution in [2.24, 2.45) is 0 Å². The molecule has 0 aliphatic rings. The number of hydrogen-bond acceptors (Lipinski definition) is 5. The summed E-state index contributed by atoms with van der Waals surface area (Å²) in [4.78, 5) is 0. The summed E-state index contributed by atoms with van der Waals surface area (Å²) in [6.45, 7) is 4.19. The van der Waals surface area contributed by atoms with E-state index in [-0.39, 0.29) is 12.1 Å². The highest BCUT2D eigenvalue weighted by molar-refractivity contribution is 5.16. The average Bonchev–Trinajstić information content (AvgIpc) is 2.30. The molecule has 0 amide bonds. The van der Waals surface area contributed by atoms with Crippen molar-refractivity contribution < 1.29 is 4.74 Å². The lowest BCUT2D eigenvalue weighted by atomic mass is 10.5. The van der Waals surface area contributed by atoms with Crippen LogP contribution in [0.1, 0.15) is 19.7 Å². The first-order valence-corrected chi connectivity index (χ1v) is 3.67. The highest BCUT2D eigenvalue weighted by Gasteiger charge is 2.06. The predicted octanol–water partition coefficient (Wildman–Crippen LogP) is -0.501.